The van der Waals surface area contributed by atoms with Gasteiger partial charge in [0.15, 0.2) is 5.03 Å². The largest absolute Gasteiger partial charge is 0.480 e. The van der Waals surface area contributed by atoms with E-state index < -0.39 is 22.0 Å². The van der Waals surface area contributed by atoms with Crippen LogP contribution in [0.3, 0.4) is 0 Å². The molecule has 24 heavy (non-hydrogen) atoms. The summed E-state index contributed by atoms with van der Waals surface area (Å²) in [5, 5.41) is 9.07. The SMILES string of the molecule is Cc1nc(S(=O)(=O)NCCC(=O)N2CCCCC2C(=O)O)cn1C. The predicted molar refractivity (Wildman–Crippen MR) is 84.7 cm³/mol. The number of carboxylic acids is 1. The molecule has 9 nitrogen and oxygen atoms in total. The van der Waals surface area contributed by atoms with Crippen molar-refractivity contribution in [2.24, 2.45) is 7.05 Å². The van der Waals surface area contributed by atoms with E-state index in [2.05, 4.69) is 9.71 Å². The van der Waals surface area contributed by atoms with E-state index in [1.165, 1.54) is 11.1 Å². The molecule has 0 aliphatic carbocycles. The van der Waals surface area contributed by atoms with Gasteiger partial charge in [-0.3, -0.25) is 4.79 Å². The van der Waals surface area contributed by atoms with Gasteiger partial charge < -0.3 is 14.6 Å². The van der Waals surface area contributed by atoms with Crippen LogP contribution in [0.5, 0.6) is 0 Å². The van der Waals surface area contributed by atoms with Gasteiger partial charge in [0.05, 0.1) is 0 Å². The van der Waals surface area contributed by atoms with Crippen molar-refractivity contribution in [3.63, 3.8) is 0 Å². The summed E-state index contributed by atoms with van der Waals surface area (Å²) in [7, 11) is -2.10. The monoisotopic (exact) mass is 358 g/mol. The van der Waals surface area contributed by atoms with Gasteiger partial charge in [0.1, 0.15) is 11.9 Å². The molecule has 2 N–H and O–H groups in total. The Bertz CT molecular complexity index is 708. The minimum atomic E-state index is -3.79. The van der Waals surface area contributed by atoms with Crippen LogP contribution in [0.2, 0.25) is 0 Å². The molecule has 1 fully saturated rings. The van der Waals surface area contributed by atoms with Crippen molar-refractivity contribution in [2.75, 3.05) is 13.1 Å². The van der Waals surface area contributed by atoms with Crippen LogP contribution in [0.25, 0.3) is 0 Å². The van der Waals surface area contributed by atoms with E-state index >= 15 is 0 Å². The molecular weight excluding hydrogens is 336 g/mol. The molecule has 0 radical (unpaired) electrons. The number of imidazole rings is 1. The highest BCUT2D eigenvalue weighted by atomic mass is 32.2. The number of nitrogens with one attached hydrogen (secondary N) is 1. The van der Waals surface area contributed by atoms with Crippen molar-refractivity contribution in [3.8, 4) is 0 Å². The first-order valence-corrected chi connectivity index (χ1v) is 9.22. The Morgan fingerprint density at radius 3 is 2.71 bits per heavy atom. The zero-order valence-electron chi connectivity index (χ0n) is 13.7. The predicted octanol–water partition coefficient (Wildman–Crippen LogP) is -0.137. The van der Waals surface area contributed by atoms with E-state index in [4.69, 9.17) is 0 Å². The quantitative estimate of drug-likeness (QED) is 0.730. The third-order valence-corrected chi connectivity index (χ3v) is 5.43. The molecule has 0 aromatic carbocycles. The summed E-state index contributed by atoms with van der Waals surface area (Å²) in [6.07, 6.45) is 3.26. The fourth-order valence-corrected chi connectivity index (χ4v) is 3.72. The first-order chi connectivity index (χ1) is 11.2. The van der Waals surface area contributed by atoms with Crippen LogP contribution in [0, 0.1) is 6.92 Å². The minimum Gasteiger partial charge on any atom is -0.480 e. The van der Waals surface area contributed by atoms with Gasteiger partial charge in [-0.05, 0) is 26.2 Å². The van der Waals surface area contributed by atoms with Crippen LogP contribution in [0.15, 0.2) is 11.2 Å². The summed E-state index contributed by atoms with van der Waals surface area (Å²) in [6, 6.07) is -0.818. The Morgan fingerprint density at radius 1 is 1.42 bits per heavy atom. The lowest BCUT2D eigenvalue weighted by Gasteiger charge is -2.33. The van der Waals surface area contributed by atoms with Crippen LogP contribution < -0.4 is 4.72 Å². The molecule has 134 valence electrons. The molecule has 2 heterocycles. The number of carboxylic acid groups (broad SMARTS) is 1. The number of rotatable bonds is 6. The first kappa shape index (κ1) is 18.4. The number of aromatic nitrogens is 2. The molecule has 1 saturated heterocycles. The summed E-state index contributed by atoms with van der Waals surface area (Å²) < 4.78 is 28.2. The van der Waals surface area contributed by atoms with Crippen LogP contribution >= 0.6 is 0 Å². The number of nitrogens with zero attached hydrogens (tertiary/aromatic N) is 3. The fraction of sp³-hybridized carbons (Fsp3) is 0.643. The zero-order valence-corrected chi connectivity index (χ0v) is 14.5. The van der Waals surface area contributed by atoms with Crippen LogP contribution in [-0.4, -0.2) is 59.0 Å². The number of likely N-dealkylation sites (tertiary alicyclic amines) is 1. The number of piperidine rings is 1. The zero-order chi connectivity index (χ0) is 17.9. The highest BCUT2D eigenvalue weighted by Crippen LogP contribution is 2.18. The highest BCUT2D eigenvalue weighted by Gasteiger charge is 2.31. The van der Waals surface area contributed by atoms with Crippen LogP contribution in [0.1, 0.15) is 31.5 Å². The summed E-state index contributed by atoms with van der Waals surface area (Å²) in [5.41, 5.74) is 0. The lowest BCUT2D eigenvalue weighted by molar-refractivity contribution is -0.152. The number of aliphatic carboxylic acids is 1. The molecule has 1 aliphatic rings. The second-order valence-corrected chi connectivity index (χ2v) is 7.54. The second-order valence-electron chi connectivity index (χ2n) is 5.82. The molecule has 1 aliphatic heterocycles. The van der Waals surface area contributed by atoms with Crippen molar-refractivity contribution in [1.29, 1.82) is 0 Å². The van der Waals surface area contributed by atoms with E-state index in [0.29, 0.717) is 18.8 Å². The van der Waals surface area contributed by atoms with Gasteiger partial charge in [-0.2, -0.15) is 0 Å². The fourth-order valence-electron chi connectivity index (χ4n) is 2.65. The summed E-state index contributed by atoms with van der Waals surface area (Å²) in [4.78, 5) is 28.7. The number of carbonyl (C=O) groups is 2. The number of amides is 1. The van der Waals surface area contributed by atoms with E-state index in [-0.39, 0.29) is 23.9 Å². The van der Waals surface area contributed by atoms with E-state index in [1.807, 2.05) is 0 Å². The standard InChI is InChI=1S/C14H22N4O5S/c1-10-16-12(9-17(10)2)24(22,23)15-7-6-13(19)18-8-4-3-5-11(18)14(20)21/h9,11,15H,3-8H2,1-2H3,(H,20,21). The smallest absolute Gasteiger partial charge is 0.326 e. The normalized spacial score (nSPS) is 18.6. The van der Waals surface area contributed by atoms with Crippen molar-refractivity contribution < 1.29 is 23.1 Å². The van der Waals surface area contributed by atoms with E-state index in [1.54, 1.807) is 18.5 Å². The number of sulfonamides is 1. The maximum atomic E-state index is 12.2. The Balaban J connectivity index is 1.93. The molecule has 1 aromatic heterocycles. The van der Waals surface area contributed by atoms with Gasteiger partial charge in [-0.1, -0.05) is 0 Å². The average molecular weight is 358 g/mol. The van der Waals surface area contributed by atoms with Crippen molar-refractivity contribution in [3.05, 3.63) is 12.0 Å². The van der Waals surface area contributed by atoms with E-state index in [0.717, 1.165) is 12.8 Å². The van der Waals surface area contributed by atoms with Gasteiger partial charge >= 0.3 is 5.97 Å². The summed E-state index contributed by atoms with van der Waals surface area (Å²) >= 11 is 0. The van der Waals surface area contributed by atoms with Crippen molar-refractivity contribution in [1.82, 2.24) is 19.2 Å². The average Bonchev–Trinajstić information content (AvgIpc) is 2.87. The lowest BCUT2D eigenvalue weighted by atomic mass is 10.0. The van der Waals surface area contributed by atoms with E-state index in [9.17, 15) is 23.1 Å². The number of aryl methyl sites for hydroxylation is 2. The Kier molecular flexibility index (Phi) is 5.60. The highest BCUT2D eigenvalue weighted by molar-refractivity contribution is 7.89. The van der Waals surface area contributed by atoms with Crippen molar-refractivity contribution in [2.45, 2.75) is 43.7 Å². The minimum absolute atomic E-state index is 0.0885. The topological polar surface area (TPSA) is 122 Å². The maximum absolute atomic E-state index is 12.2. The maximum Gasteiger partial charge on any atom is 0.326 e. The van der Waals surface area contributed by atoms with Gasteiger partial charge in [-0.15, -0.1) is 0 Å². The molecule has 1 amide bonds. The van der Waals surface area contributed by atoms with Crippen molar-refractivity contribution >= 4 is 21.9 Å². The molecule has 0 bridgehead atoms. The van der Waals surface area contributed by atoms with Gasteiger partial charge in [0.25, 0.3) is 10.0 Å². The Hall–Kier alpha value is -1.94. The van der Waals surface area contributed by atoms with Gasteiger partial charge in [-0.25, -0.2) is 22.9 Å². The van der Waals surface area contributed by atoms with Gasteiger partial charge in [0, 0.05) is 32.8 Å². The Morgan fingerprint density at radius 2 is 2.12 bits per heavy atom. The molecule has 1 unspecified atom stereocenters. The second kappa shape index (κ2) is 7.31. The molecule has 0 spiro atoms. The third-order valence-electron chi connectivity index (χ3n) is 4.10. The summed E-state index contributed by atoms with van der Waals surface area (Å²) in [5.74, 6) is -0.821. The molecule has 0 saturated carbocycles. The molecule has 10 heteroatoms. The number of hydrogen-bond acceptors (Lipinski definition) is 5. The molecule has 1 atom stereocenters. The summed E-state index contributed by atoms with van der Waals surface area (Å²) in [6.45, 7) is 1.98. The molecular formula is C14H22N4O5S. The van der Waals surface area contributed by atoms with Crippen LogP contribution in [0.4, 0.5) is 0 Å². The van der Waals surface area contributed by atoms with Gasteiger partial charge in [0.2, 0.25) is 5.91 Å². The molecule has 1 aromatic rings. The third kappa shape index (κ3) is 4.12. The van der Waals surface area contributed by atoms with Crippen LogP contribution in [-0.2, 0) is 26.7 Å². The molecule has 2 rings (SSSR count). The number of hydrogen-bond donors (Lipinski definition) is 2. The first-order valence-electron chi connectivity index (χ1n) is 7.74. The number of carbonyl (C=O) groups excluding carboxylic acids is 1. The Labute approximate surface area is 140 Å². The lowest BCUT2D eigenvalue weighted by Crippen LogP contribution is -2.48.